The zero-order valence-corrected chi connectivity index (χ0v) is 11.9. The fraction of sp³-hybridized carbons (Fsp3) is 0.643. The molecule has 1 heterocycles. The maximum absolute atomic E-state index is 11.2. The molecule has 0 amide bonds. The zero-order valence-electron chi connectivity index (χ0n) is 11.9. The minimum atomic E-state index is 0.352. The van der Waals surface area contributed by atoms with Crippen LogP contribution in [0, 0.1) is 0 Å². The van der Waals surface area contributed by atoms with Gasteiger partial charge in [0.15, 0.2) is 0 Å². The van der Waals surface area contributed by atoms with Gasteiger partial charge in [-0.1, -0.05) is 0 Å². The van der Waals surface area contributed by atoms with Crippen molar-refractivity contribution in [2.24, 2.45) is 0 Å². The zero-order chi connectivity index (χ0) is 13.8. The first-order valence-electron chi connectivity index (χ1n) is 6.89. The van der Waals surface area contributed by atoms with Crippen LogP contribution in [0.25, 0.3) is 0 Å². The van der Waals surface area contributed by atoms with Crippen LogP contribution in [-0.2, 0) is 4.79 Å². The van der Waals surface area contributed by atoms with Gasteiger partial charge in [-0.15, -0.1) is 0 Å². The van der Waals surface area contributed by atoms with Gasteiger partial charge < -0.3 is 10.2 Å². The number of carbonyl (C=O) groups excluding carboxylic acids is 1. The third-order valence-corrected chi connectivity index (χ3v) is 3.68. The Morgan fingerprint density at radius 3 is 2.63 bits per heavy atom. The number of aromatic nitrogens is 2. The Balaban J connectivity index is 2.01. The quantitative estimate of drug-likeness (QED) is 0.902. The fourth-order valence-corrected chi connectivity index (χ4v) is 2.18. The van der Waals surface area contributed by atoms with Crippen LogP contribution in [-0.4, -0.2) is 34.9 Å². The van der Waals surface area contributed by atoms with Crippen LogP contribution in [0.4, 0.5) is 11.6 Å². The molecule has 0 atom stereocenters. The van der Waals surface area contributed by atoms with Crippen molar-refractivity contribution in [3.05, 3.63) is 12.4 Å². The summed E-state index contributed by atoms with van der Waals surface area (Å²) in [6.45, 7) is 4.25. The van der Waals surface area contributed by atoms with Gasteiger partial charge in [-0.25, -0.2) is 9.97 Å². The van der Waals surface area contributed by atoms with E-state index < -0.39 is 0 Å². The van der Waals surface area contributed by atoms with Crippen LogP contribution < -0.4 is 10.2 Å². The Morgan fingerprint density at radius 1 is 1.32 bits per heavy atom. The van der Waals surface area contributed by atoms with Crippen molar-refractivity contribution in [1.29, 1.82) is 0 Å². The van der Waals surface area contributed by atoms with E-state index in [0.717, 1.165) is 24.5 Å². The Labute approximate surface area is 114 Å². The van der Waals surface area contributed by atoms with E-state index in [1.54, 1.807) is 6.33 Å². The van der Waals surface area contributed by atoms with E-state index >= 15 is 0 Å². The Morgan fingerprint density at radius 2 is 2.00 bits per heavy atom. The number of ketones is 1. The molecule has 1 fully saturated rings. The molecule has 1 aromatic heterocycles. The standard InChI is InChI=1S/C14H22N4O/c1-10(2)18(3)14-8-13(15-9-16-14)17-11-4-6-12(19)7-5-11/h8-11H,4-7H2,1-3H3,(H,15,16,17). The lowest BCUT2D eigenvalue weighted by Crippen LogP contribution is -2.28. The average Bonchev–Trinajstić information content (AvgIpc) is 2.41. The van der Waals surface area contributed by atoms with Gasteiger partial charge in [0, 0.05) is 38.0 Å². The largest absolute Gasteiger partial charge is 0.367 e. The van der Waals surface area contributed by atoms with Crippen LogP contribution in [0.5, 0.6) is 0 Å². The van der Waals surface area contributed by atoms with Gasteiger partial charge in [0.2, 0.25) is 0 Å². The molecule has 0 aromatic carbocycles. The first-order valence-corrected chi connectivity index (χ1v) is 6.89. The predicted octanol–water partition coefficient (Wildman–Crippen LogP) is 2.24. The first kappa shape index (κ1) is 13.8. The second-order valence-corrected chi connectivity index (χ2v) is 5.42. The van der Waals surface area contributed by atoms with Crippen molar-refractivity contribution in [1.82, 2.24) is 9.97 Å². The molecule has 2 rings (SSSR count). The molecule has 0 bridgehead atoms. The molecule has 1 saturated carbocycles. The van der Waals surface area contributed by atoms with E-state index in [1.807, 2.05) is 13.1 Å². The summed E-state index contributed by atoms with van der Waals surface area (Å²) in [5.41, 5.74) is 0. The summed E-state index contributed by atoms with van der Waals surface area (Å²) in [6.07, 6.45) is 4.75. The highest BCUT2D eigenvalue weighted by atomic mass is 16.1. The van der Waals surface area contributed by atoms with Crippen LogP contribution in [0.3, 0.4) is 0 Å². The van der Waals surface area contributed by atoms with E-state index in [4.69, 9.17) is 0 Å². The topological polar surface area (TPSA) is 58.1 Å². The van der Waals surface area contributed by atoms with Crippen molar-refractivity contribution in [3.8, 4) is 0 Å². The lowest BCUT2D eigenvalue weighted by atomic mass is 9.94. The summed E-state index contributed by atoms with van der Waals surface area (Å²) in [7, 11) is 2.02. The molecule has 104 valence electrons. The summed E-state index contributed by atoms with van der Waals surface area (Å²) in [6, 6.07) is 2.72. The molecule has 0 radical (unpaired) electrons. The smallest absolute Gasteiger partial charge is 0.134 e. The molecule has 0 aliphatic heterocycles. The number of rotatable bonds is 4. The van der Waals surface area contributed by atoms with Crippen LogP contribution >= 0.6 is 0 Å². The highest BCUT2D eigenvalue weighted by molar-refractivity contribution is 5.79. The molecule has 0 spiro atoms. The fourth-order valence-electron chi connectivity index (χ4n) is 2.18. The summed E-state index contributed by atoms with van der Waals surface area (Å²) < 4.78 is 0. The number of nitrogens with zero attached hydrogens (tertiary/aromatic N) is 3. The normalized spacial score (nSPS) is 16.7. The molecular formula is C14H22N4O. The Kier molecular flexibility index (Phi) is 4.35. The molecule has 1 N–H and O–H groups in total. The monoisotopic (exact) mass is 262 g/mol. The number of nitrogens with one attached hydrogen (secondary N) is 1. The summed E-state index contributed by atoms with van der Waals surface area (Å²) >= 11 is 0. The lowest BCUT2D eigenvalue weighted by molar-refractivity contribution is -0.120. The SMILES string of the molecule is CC(C)N(C)c1cc(NC2CCC(=O)CC2)ncn1. The van der Waals surface area contributed by atoms with E-state index in [-0.39, 0.29) is 0 Å². The van der Waals surface area contributed by atoms with E-state index in [9.17, 15) is 4.79 Å². The van der Waals surface area contributed by atoms with Gasteiger partial charge in [0.25, 0.3) is 0 Å². The van der Waals surface area contributed by atoms with Gasteiger partial charge in [0.05, 0.1) is 0 Å². The molecular weight excluding hydrogens is 240 g/mol. The van der Waals surface area contributed by atoms with Gasteiger partial charge in [-0.3, -0.25) is 4.79 Å². The second-order valence-electron chi connectivity index (χ2n) is 5.42. The minimum Gasteiger partial charge on any atom is -0.367 e. The third-order valence-electron chi connectivity index (χ3n) is 3.68. The molecule has 5 nitrogen and oxygen atoms in total. The van der Waals surface area contributed by atoms with Gasteiger partial charge >= 0.3 is 0 Å². The van der Waals surface area contributed by atoms with Crippen molar-refractivity contribution in [2.45, 2.75) is 51.6 Å². The maximum Gasteiger partial charge on any atom is 0.134 e. The van der Waals surface area contributed by atoms with Gasteiger partial charge in [-0.05, 0) is 26.7 Å². The summed E-state index contributed by atoms with van der Waals surface area (Å²) in [4.78, 5) is 21.9. The molecule has 1 aliphatic rings. The number of hydrogen-bond donors (Lipinski definition) is 1. The number of hydrogen-bond acceptors (Lipinski definition) is 5. The van der Waals surface area contributed by atoms with Crippen molar-refractivity contribution in [2.75, 3.05) is 17.3 Å². The molecule has 0 unspecified atom stereocenters. The van der Waals surface area contributed by atoms with Gasteiger partial charge in [-0.2, -0.15) is 0 Å². The molecule has 1 aliphatic carbocycles. The predicted molar refractivity (Wildman–Crippen MR) is 76.5 cm³/mol. The molecule has 19 heavy (non-hydrogen) atoms. The van der Waals surface area contributed by atoms with E-state index in [0.29, 0.717) is 30.7 Å². The minimum absolute atomic E-state index is 0.352. The molecule has 1 aromatic rings. The number of carbonyl (C=O) groups is 1. The van der Waals surface area contributed by atoms with Crippen molar-refractivity contribution >= 4 is 17.4 Å². The number of Topliss-reactive ketones (excluding diaryl/α,β-unsaturated/α-hetero) is 1. The molecule has 5 heteroatoms. The lowest BCUT2D eigenvalue weighted by Gasteiger charge is -2.25. The Hall–Kier alpha value is -1.65. The van der Waals surface area contributed by atoms with Gasteiger partial charge in [0.1, 0.15) is 23.7 Å². The van der Waals surface area contributed by atoms with Crippen molar-refractivity contribution < 1.29 is 4.79 Å². The summed E-state index contributed by atoms with van der Waals surface area (Å²) in [5.74, 6) is 2.14. The third kappa shape index (κ3) is 3.66. The highest BCUT2D eigenvalue weighted by Gasteiger charge is 2.19. The molecule has 0 saturated heterocycles. The second kappa shape index (κ2) is 5.99. The number of anilines is 2. The summed E-state index contributed by atoms with van der Waals surface area (Å²) in [5, 5.41) is 3.41. The van der Waals surface area contributed by atoms with E-state index in [1.165, 1.54) is 0 Å². The first-order chi connectivity index (χ1) is 9.06. The Bertz CT molecular complexity index is 437. The van der Waals surface area contributed by atoms with Crippen LogP contribution in [0.2, 0.25) is 0 Å². The maximum atomic E-state index is 11.2. The van der Waals surface area contributed by atoms with E-state index in [2.05, 4.69) is 34.0 Å². The van der Waals surface area contributed by atoms with Crippen molar-refractivity contribution in [3.63, 3.8) is 0 Å². The van der Waals surface area contributed by atoms with Crippen LogP contribution in [0.1, 0.15) is 39.5 Å². The van der Waals surface area contributed by atoms with Crippen LogP contribution in [0.15, 0.2) is 12.4 Å². The average molecular weight is 262 g/mol. The highest BCUT2D eigenvalue weighted by Crippen LogP contribution is 2.20.